The number of rotatable bonds is 7. The number of benzene rings is 1. The second-order valence-corrected chi connectivity index (χ2v) is 5.80. The molecule has 8 nitrogen and oxygen atoms in total. The van der Waals surface area contributed by atoms with Gasteiger partial charge in [0.2, 0.25) is 5.91 Å². The zero-order chi connectivity index (χ0) is 18.4. The number of carbonyl (C=O) groups excluding carboxylic acids is 4. The van der Waals surface area contributed by atoms with Crippen LogP contribution in [0.1, 0.15) is 10.4 Å². The van der Waals surface area contributed by atoms with Gasteiger partial charge in [-0.05, 0) is 18.2 Å². The van der Waals surface area contributed by atoms with Gasteiger partial charge >= 0.3 is 5.97 Å². The summed E-state index contributed by atoms with van der Waals surface area (Å²) in [5, 5.41) is 2.07. The summed E-state index contributed by atoms with van der Waals surface area (Å²) in [5.74, 6) is -2.41. The van der Waals surface area contributed by atoms with Gasteiger partial charge in [-0.3, -0.25) is 19.3 Å². The predicted octanol–water partition coefficient (Wildman–Crippen LogP) is 0.803. The summed E-state index contributed by atoms with van der Waals surface area (Å²) in [4.78, 5) is 47.1. The maximum Gasteiger partial charge on any atom is 0.338 e. The minimum Gasteiger partial charge on any atom is -0.494 e. The van der Waals surface area contributed by atoms with Gasteiger partial charge in [0.05, 0.1) is 18.4 Å². The van der Waals surface area contributed by atoms with Gasteiger partial charge in [0.15, 0.2) is 18.2 Å². The lowest BCUT2D eigenvalue weighted by atomic mass is 10.2. The zero-order valence-electron chi connectivity index (χ0n) is 13.2. The molecule has 0 radical (unpaired) electrons. The number of imide groups is 1. The molecular formula is C15H15FN2O6S. The molecule has 2 rings (SSSR count). The Hall–Kier alpha value is -2.62. The molecule has 3 amide bonds. The van der Waals surface area contributed by atoms with E-state index in [4.69, 9.17) is 9.47 Å². The van der Waals surface area contributed by atoms with E-state index < -0.39 is 24.3 Å². The lowest BCUT2D eigenvalue weighted by Crippen LogP contribution is -2.38. The summed E-state index contributed by atoms with van der Waals surface area (Å²) in [6, 6.07) is 3.53. The van der Waals surface area contributed by atoms with Gasteiger partial charge in [0.25, 0.3) is 11.1 Å². The Balaban J connectivity index is 1.74. The van der Waals surface area contributed by atoms with Crippen LogP contribution < -0.4 is 10.1 Å². The van der Waals surface area contributed by atoms with E-state index in [2.05, 4.69) is 5.32 Å². The third kappa shape index (κ3) is 4.92. The van der Waals surface area contributed by atoms with E-state index in [1.165, 1.54) is 19.2 Å². The lowest BCUT2D eigenvalue weighted by molar-refractivity contribution is -0.126. The average Bonchev–Trinajstić information content (AvgIpc) is 2.91. The van der Waals surface area contributed by atoms with Crippen LogP contribution in [0.5, 0.6) is 5.75 Å². The molecule has 0 aromatic heterocycles. The number of amides is 3. The van der Waals surface area contributed by atoms with Crippen LogP contribution in [0, 0.1) is 5.82 Å². The summed E-state index contributed by atoms with van der Waals surface area (Å²) in [7, 11) is 1.29. The predicted molar refractivity (Wildman–Crippen MR) is 85.8 cm³/mol. The van der Waals surface area contributed by atoms with Crippen molar-refractivity contribution in [2.75, 3.05) is 32.6 Å². The van der Waals surface area contributed by atoms with Crippen molar-refractivity contribution in [3.8, 4) is 5.75 Å². The molecule has 0 atom stereocenters. The van der Waals surface area contributed by atoms with E-state index in [1.807, 2.05) is 0 Å². The second kappa shape index (κ2) is 8.47. The summed E-state index contributed by atoms with van der Waals surface area (Å²) < 4.78 is 23.0. The molecule has 0 aliphatic carbocycles. The standard InChI is InChI=1S/C15H15FN2O6S/c1-23-11-3-2-9(6-10(11)16)14(21)24-7-12(19)17-4-5-18-13(20)8-25-15(18)22/h2-3,6H,4-5,7-8H2,1H3,(H,17,19). The van der Waals surface area contributed by atoms with Gasteiger partial charge < -0.3 is 14.8 Å². The molecule has 0 unspecified atom stereocenters. The number of carbonyl (C=O) groups is 4. The summed E-state index contributed by atoms with van der Waals surface area (Å²) in [6.07, 6.45) is 0. The monoisotopic (exact) mass is 370 g/mol. The quantitative estimate of drug-likeness (QED) is 0.709. The molecule has 1 fully saturated rings. The van der Waals surface area contributed by atoms with Gasteiger partial charge in [0, 0.05) is 13.1 Å². The van der Waals surface area contributed by atoms with Crippen molar-refractivity contribution in [3.63, 3.8) is 0 Å². The number of ether oxygens (including phenoxy) is 2. The van der Waals surface area contributed by atoms with Crippen LogP contribution >= 0.6 is 11.8 Å². The molecule has 1 saturated heterocycles. The molecule has 0 saturated carbocycles. The molecule has 1 aliphatic rings. The fraction of sp³-hybridized carbons (Fsp3) is 0.333. The topological polar surface area (TPSA) is 102 Å². The molecule has 25 heavy (non-hydrogen) atoms. The Labute approximate surface area is 146 Å². The molecular weight excluding hydrogens is 355 g/mol. The minimum atomic E-state index is -0.863. The van der Waals surface area contributed by atoms with Crippen molar-refractivity contribution in [2.45, 2.75) is 0 Å². The maximum absolute atomic E-state index is 13.5. The van der Waals surface area contributed by atoms with Crippen molar-refractivity contribution < 1.29 is 33.0 Å². The lowest BCUT2D eigenvalue weighted by Gasteiger charge is -2.13. The number of hydrogen-bond donors (Lipinski definition) is 1. The highest BCUT2D eigenvalue weighted by Gasteiger charge is 2.29. The van der Waals surface area contributed by atoms with E-state index in [1.54, 1.807) is 0 Å². The van der Waals surface area contributed by atoms with Crippen LogP contribution in [-0.2, 0) is 14.3 Å². The van der Waals surface area contributed by atoms with Gasteiger partial charge in [0.1, 0.15) is 0 Å². The molecule has 1 aromatic carbocycles. The Bertz CT molecular complexity index is 695. The van der Waals surface area contributed by atoms with Crippen molar-refractivity contribution in [3.05, 3.63) is 29.6 Å². The summed E-state index contributed by atoms with van der Waals surface area (Å²) in [6.45, 7) is -0.469. The van der Waals surface area contributed by atoms with Crippen LogP contribution in [0.3, 0.4) is 0 Å². The number of thioether (sulfide) groups is 1. The van der Waals surface area contributed by atoms with Crippen molar-refractivity contribution >= 4 is 34.8 Å². The van der Waals surface area contributed by atoms with E-state index in [-0.39, 0.29) is 41.3 Å². The normalized spacial score (nSPS) is 13.8. The Kier molecular flexibility index (Phi) is 6.34. The van der Waals surface area contributed by atoms with Crippen molar-refractivity contribution in [1.29, 1.82) is 0 Å². The molecule has 10 heteroatoms. The summed E-state index contributed by atoms with van der Waals surface area (Å²) in [5.41, 5.74) is -0.0589. The first kappa shape index (κ1) is 18.7. The van der Waals surface area contributed by atoms with Crippen molar-refractivity contribution in [2.24, 2.45) is 0 Å². The molecule has 1 heterocycles. The van der Waals surface area contributed by atoms with E-state index in [0.29, 0.717) is 0 Å². The van der Waals surface area contributed by atoms with Crippen LogP contribution in [0.4, 0.5) is 9.18 Å². The number of nitrogens with one attached hydrogen (secondary N) is 1. The Morgan fingerprint density at radius 3 is 2.72 bits per heavy atom. The van der Waals surface area contributed by atoms with Crippen LogP contribution in [0.15, 0.2) is 18.2 Å². The molecule has 1 aromatic rings. The van der Waals surface area contributed by atoms with Crippen LogP contribution in [0.2, 0.25) is 0 Å². The fourth-order valence-electron chi connectivity index (χ4n) is 1.96. The van der Waals surface area contributed by atoms with Gasteiger partial charge in [-0.25, -0.2) is 9.18 Å². The Morgan fingerprint density at radius 1 is 1.36 bits per heavy atom. The van der Waals surface area contributed by atoms with E-state index in [9.17, 15) is 23.6 Å². The number of esters is 1. The zero-order valence-corrected chi connectivity index (χ0v) is 14.1. The first-order valence-corrected chi connectivity index (χ1v) is 8.15. The number of halogens is 1. The number of methoxy groups -OCH3 is 1. The molecule has 0 spiro atoms. The third-order valence-electron chi connectivity index (χ3n) is 3.22. The highest BCUT2D eigenvalue weighted by atomic mass is 32.2. The largest absolute Gasteiger partial charge is 0.494 e. The maximum atomic E-state index is 13.5. The number of hydrogen-bond acceptors (Lipinski definition) is 7. The highest BCUT2D eigenvalue weighted by Crippen LogP contribution is 2.18. The molecule has 1 aliphatic heterocycles. The van der Waals surface area contributed by atoms with Gasteiger partial charge in [-0.1, -0.05) is 11.8 Å². The van der Waals surface area contributed by atoms with Gasteiger partial charge in [-0.2, -0.15) is 0 Å². The van der Waals surface area contributed by atoms with Crippen LogP contribution in [-0.4, -0.2) is 60.5 Å². The fourth-order valence-corrected chi connectivity index (χ4v) is 2.71. The van der Waals surface area contributed by atoms with Crippen molar-refractivity contribution in [1.82, 2.24) is 10.2 Å². The number of nitrogens with zero attached hydrogens (tertiary/aromatic N) is 1. The minimum absolute atomic E-state index is 0.0153. The summed E-state index contributed by atoms with van der Waals surface area (Å²) >= 11 is 0.904. The smallest absolute Gasteiger partial charge is 0.338 e. The molecule has 1 N–H and O–H groups in total. The average molecular weight is 370 g/mol. The van der Waals surface area contributed by atoms with Gasteiger partial charge in [-0.15, -0.1) is 0 Å². The first-order chi connectivity index (χ1) is 11.9. The molecule has 134 valence electrons. The SMILES string of the molecule is COc1ccc(C(=O)OCC(=O)NCCN2C(=O)CSC2=O)cc1F. The molecule has 0 bridgehead atoms. The second-order valence-electron chi connectivity index (χ2n) is 4.88. The first-order valence-electron chi connectivity index (χ1n) is 7.17. The third-order valence-corrected chi connectivity index (χ3v) is 4.08. The highest BCUT2D eigenvalue weighted by molar-refractivity contribution is 8.14. The van der Waals surface area contributed by atoms with Crippen LogP contribution in [0.25, 0.3) is 0 Å². The van der Waals surface area contributed by atoms with E-state index >= 15 is 0 Å². The van der Waals surface area contributed by atoms with E-state index in [0.717, 1.165) is 22.7 Å². The Morgan fingerprint density at radius 2 is 2.12 bits per heavy atom.